The molecule has 112 valence electrons. The van der Waals surface area contributed by atoms with Gasteiger partial charge in [-0.1, -0.05) is 41.4 Å². The number of halogens is 2. The Hall–Kier alpha value is -2.13. The highest BCUT2D eigenvalue weighted by molar-refractivity contribution is 6.42. The second-order valence-electron chi connectivity index (χ2n) is 4.58. The SMILES string of the molecule is N#CC(c1ccc(Cl)c(Cl)c1)C(O)c1cccc([N+](=O)[O-])c1. The topological polar surface area (TPSA) is 87.2 Å². The number of hydrogen-bond donors (Lipinski definition) is 1. The summed E-state index contributed by atoms with van der Waals surface area (Å²) in [5, 5.41) is 31.1. The normalized spacial score (nSPS) is 13.2. The molecule has 2 unspecified atom stereocenters. The quantitative estimate of drug-likeness (QED) is 0.668. The summed E-state index contributed by atoms with van der Waals surface area (Å²) in [5.74, 6) is -0.920. The summed E-state index contributed by atoms with van der Waals surface area (Å²) in [6.45, 7) is 0. The highest BCUT2D eigenvalue weighted by Gasteiger charge is 2.24. The Balaban J connectivity index is 2.38. The van der Waals surface area contributed by atoms with Crippen LogP contribution in [-0.2, 0) is 0 Å². The molecule has 1 N–H and O–H groups in total. The van der Waals surface area contributed by atoms with Crippen molar-refractivity contribution in [1.29, 1.82) is 5.26 Å². The zero-order chi connectivity index (χ0) is 16.3. The molecular formula is C15H10Cl2N2O3. The minimum atomic E-state index is -1.22. The van der Waals surface area contributed by atoms with E-state index >= 15 is 0 Å². The summed E-state index contributed by atoms with van der Waals surface area (Å²) in [4.78, 5) is 10.2. The molecule has 0 amide bonds. The molecular weight excluding hydrogens is 327 g/mol. The first-order chi connectivity index (χ1) is 10.4. The molecule has 0 fully saturated rings. The van der Waals surface area contributed by atoms with Crippen LogP contribution in [0.4, 0.5) is 5.69 Å². The maximum Gasteiger partial charge on any atom is 0.269 e. The minimum absolute atomic E-state index is 0.151. The lowest BCUT2D eigenvalue weighted by Crippen LogP contribution is -2.09. The van der Waals surface area contributed by atoms with E-state index in [2.05, 4.69) is 0 Å². The van der Waals surface area contributed by atoms with Gasteiger partial charge in [-0.25, -0.2) is 0 Å². The number of non-ortho nitro benzene ring substituents is 1. The molecule has 0 aliphatic rings. The van der Waals surface area contributed by atoms with Crippen LogP contribution in [0.5, 0.6) is 0 Å². The van der Waals surface area contributed by atoms with Gasteiger partial charge in [0.2, 0.25) is 0 Å². The molecule has 0 aliphatic carbocycles. The van der Waals surface area contributed by atoms with Crippen molar-refractivity contribution in [2.24, 2.45) is 0 Å². The summed E-state index contributed by atoms with van der Waals surface area (Å²) in [6, 6.07) is 12.2. The van der Waals surface area contributed by atoms with Crippen LogP contribution >= 0.6 is 23.2 Å². The standard InChI is InChI=1S/C15H10Cl2N2O3/c16-13-5-4-9(7-14(13)17)12(8-18)15(20)10-2-1-3-11(6-10)19(21)22/h1-7,12,15,20H. The maximum atomic E-state index is 10.8. The highest BCUT2D eigenvalue weighted by Crippen LogP contribution is 2.34. The number of hydrogen-bond acceptors (Lipinski definition) is 4. The molecule has 22 heavy (non-hydrogen) atoms. The lowest BCUT2D eigenvalue weighted by Gasteiger charge is -2.17. The molecule has 2 rings (SSSR count). The molecule has 5 nitrogen and oxygen atoms in total. The zero-order valence-corrected chi connectivity index (χ0v) is 12.6. The van der Waals surface area contributed by atoms with Gasteiger partial charge in [-0.15, -0.1) is 0 Å². The molecule has 0 aromatic heterocycles. The van der Waals surface area contributed by atoms with Crippen LogP contribution in [-0.4, -0.2) is 10.0 Å². The summed E-state index contributed by atoms with van der Waals surface area (Å²) < 4.78 is 0. The number of aliphatic hydroxyl groups is 1. The van der Waals surface area contributed by atoms with Crippen molar-refractivity contribution >= 4 is 28.9 Å². The first-order valence-electron chi connectivity index (χ1n) is 6.21. The molecule has 0 radical (unpaired) electrons. The van der Waals surface area contributed by atoms with Crippen LogP contribution in [0.2, 0.25) is 10.0 Å². The second kappa shape index (κ2) is 6.75. The third-order valence-corrected chi connectivity index (χ3v) is 3.92. The predicted molar refractivity (Wildman–Crippen MR) is 82.9 cm³/mol. The van der Waals surface area contributed by atoms with Crippen molar-refractivity contribution in [2.75, 3.05) is 0 Å². The maximum absolute atomic E-state index is 10.8. The van der Waals surface area contributed by atoms with E-state index in [9.17, 15) is 20.5 Å². The van der Waals surface area contributed by atoms with Crippen LogP contribution in [0, 0.1) is 21.4 Å². The van der Waals surface area contributed by atoms with Crippen molar-refractivity contribution in [1.82, 2.24) is 0 Å². The Kier molecular flexibility index (Phi) is 4.99. The van der Waals surface area contributed by atoms with Crippen molar-refractivity contribution in [3.05, 3.63) is 73.8 Å². The van der Waals surface area contributed by atoms with E-state index in [4.69, 9.17) is 23.2 Å². The molecule has 0 saturated heterocycles. The van der Waals surface area contributed by atoms with Crippen LogP contribution in [0.25, 0.3) is 0 Å². The lowest BCUT2D eigenvalue weighted by molar-refractivity contribution is -0.385. The molecule has 0 saturated carbocycles. The number of nitriles is 1. The Morgan fingerprint density at radius 2 is 1.86 bits per heavy atom. The van der Waals surface area contributed by atoms with Crippen molar-refractivity contribution < 1.29 is 10.0 Å². The summed E-state index contributed by atoms with van der Waals surface area (Å²) in [7, 11) is 0. The van der Waals surface area contributed by atoms with Gasteiger partial charge in [0.05, 0.1) is 27.1 Å². The monoisotopic (exact) mass is 336 g/mol. The van der Waals surface area contributed by atoms with Gasteiger partial charge in [-0.05, 0) is 23.3 Å². The van der Waals surface area contributed by atoms with E-state index in [1.807, 2.05) is 6.07 Å². The number of nitro benzene ring substituents is 1. The first-order valence-corrected chi connectivity index (χ1v) is 6.96. The van der Waals surface area contributed by atoms with E-state index < -0.39 is 16.9 Å². The highest BCUT2D eigenvalue weighted by atomic mass is 35.5. The van der Waals surface area contributed by atoms with E-state index in [0.717, 1.165) is 0 Å². The average Bonchev–Trinajstić information content (AvgIpc) is 2.51. The lowest BCUT2D eigenvalue weighted by atomic mass is 9.90. The van der Waals surface area contributed by atoms with E-state index in [0.29, 0.717) is 10.6 Å². The van der Waals surface area contributed by atoms with Crippen molar-refractivity contribution in [3.63, 3.8) is 0 Å². The van der Waals surface area contributed by atoms with Gasteiger partial charge in [-0.3, -0.25) is 10.1 Å². The van der Waals surface area contributed by atoms with Gasteiger partial charge in [0.1, 0.15) is 5.92 Å². The Labute approximate surface area is 136 Å². The fourth-order valence-corrected chi connectivity index (χ4v) is 2.35. The summed E-state index contributed by atoms with van der Waals surface area (Å²) >= 11 is 11.7. The average molecular weight is 337 g/mol. The van der Waals surface area contributed by atoms with Gasteiger partial charge >= 0.3 is 0 Å². The number of nitrogens with zero attached hydrogens (tertiary/aromatic N) is 2. The molecule has 7 heteroatoms. The summed E-state index contributed by atoms with van der Waals surface area (Å²) in [5.41, 5.74) is 0.616. The Bertz CT molecular complexity index is 759. The fraction of sp³-hybridized carbons (Fsp3) is 0.133. The van der Waals surface area contributed by atoms with E-state index in [1.54, 1.807) is 6.07 Å². The smallest absolute Gasteiger partial charge is 0.269 e. The number of benzene rings is 2. The second-order valence-corrected chi connectivity index (χ2v) is 5.39. The van der Waals surface area contributed by atoms with Gasteiger partial charge in [0, 0.05) is 12.1 Å². The van der Waals surface area contributed by atoms with Crippen molar-refractivity contribution in [3.8, 4) is 6.07 Å². The molecule has 0 aliphatic heterocycles. The van der Waals surface area contributed by atoms with Crippen LogP contribution < -0.4 is 0 Å². The first kappa shape index (κ1) is 16.2. The molecule has 2 aromatic carbocycles. The third kappa shape index (κ3) is 3.37. The van der Waals surface area contributed by atoms with Crippen LogP contribution in [0.15, 0.2) is 42.5 Å². The van der Waals surface area contributed by atoms with Gasteiger partial charge in [0.15, 0.2) is 0 Å². The van der Waals surface area contributed by atoms with Gasteiger partial charge < -0.3 is 5.11 Å². The molecule has 0 bridgehead atoms. The minimum Gasteiger partial charge on any atom is -0.387 e. The number of aliphatic hydroxyl groups excluding tert-OH is 1. The molecule has 2 aromatic rings. The Morgan fingerprint density at radius 1 is 1.14 bits per heavy atom. The number of rotatable bonds is 4. The van der Waals surface area contributed by atoms with Gasteiger partial charge in [-0.2, -0.15) is 5.26 Å². The Morgan fingerprint density at radius 3 is 2.45 bits per heavy atom. The molecule has 0 heterocycles. The van der Waals surface area contributed by atoms with Crippen molar-refractivity contribution in [2.45, 2.75) is 12.0 Å². The summed E-state index contributed by atoms with van der Waals surface area (Å²) in [6.07, 6.45) is -1.22. The fourth-order valence-electron chi connectivity index (χ4n) is 2.05. The van der Waals surface area contributed by atoms with E-state index in [1.165, 1.54) is 36.4 Å². The molecule has 2 atom stereocenters. The van der Waals surface area contributed by atoms with Crippen LogP contribution in [0.3, 0.4) is 0 Å². The third-order valence-electron chi connectivity index (χ3n) is 3.18. The number of nitro groups is 1. The molecule has 0 spiro atoms. The predicted octanol–water partition coefficient (Wildman–Crippen LogP) is 4.24. The van der Waals surface area contributed by atoms with Crippen LogP contribution in [0.1, 0.15) is 23.1 Å². The van der Waals surface area contributed by atoms with Gasteiger partial charge in [0.25, 0.3) is 5.69 Å². The van der Waals surface area contributed by atoms with E-state index in [-0.39, 0.29) is 16.3 Å². The zero-order valence-electron chi connectivity index (χ0n) is 11.1. The largest absolute Gasteiger partial charge is 0.387 e.